The van der Waals surface area contributed by atoms with E-state index in [-0.39, 0.29) is 11.9 Å². The number of fused-ring (bicyclic) bond motifs is 1. The van der Waals surface area contributed by atoms with E-state index in [0.29, 0.717) is 48.5 Å². The highest BCUT2D eigenvalue weighted by Crippen LogP contribution is 2.45. The van der Waals surface area contributed by atoms with Gasteiger partial charge < -0.3 is 18.8 Å². The number of amides is 1. The van der Waals surface area contributed by atoms with Gasteiger partial charge in [-0.15, -0.1) is 0 Å². The predicted octanol–water partition coefficient (Wildman–Crippen LogP) is 6.86. The van der Waals surface area contributed by atoms with Crippen LogP contribution < -0.4 is 4.90 Å². The summed E-state index contributed by atoms with van der Waals surface area (Å²) in [6.45, 7) is 21.9. The van der Waals surface area contributed by atoms with Gasteiger partial charge in [0, 0.05) is 37.1 Å². The van der Waals surface area contributed by atoms with Gasteiger partial charge in [0.1, 0.15) is 11.4 Å². The van der Waals surface area contributed by atoms with Crippen molar-refractivity contribution >= 4 is 30.9 Å². The normalized spacial score (nSPS) is 15.9. The molecule has 0 N–H and O–H groups in total. The first-order chi connectivity index (χ1) is 15.3. The number of ether oxygens (including phenoxy) is 1. The van der Waals surface area contributed by atoms with Crippen LogP contribution in [0.15, 0.2) is 24.4 Å². The minimum Gasteiger partial charge on any atom is -0.444 e. The SMILES string of the molecule is CC(C)[Si](C(C)C)(C(C)C)n1ccc2c(N3CCN(C(=O)OC(C)(C)C)CC3)c(F)ccc21. The molecule has 3 rings (SSSR count). The van der Waals surface area contributed by atoms with Gasteiger partial charge in [-0.2, -0.15) is 0 Å². The molecule has 0 unspecified atom stereocenters. The van der Waals surface area contributed by atoms with Gasteiger partial charge in [0.25, 0.3) is 0 Å². The van der Waals surface area contributed by atoms with Crippen LogP contribution in [-0.4, -0.2) is 55.2 Å². The molecule has 184 valence electrons. The molecule has 1 aliphatic rings. The fraction of sp³-hybridized carbons (Fsp3) is 0.654. The fourth-order valence-corrected chi connectivity index (χ4v) is 12.7. The minimum absolute atomic E-state index is 0.197. The van der Waals surface area contributed by atoms with Crippen LogP contribution in [0.25, 0.3) is 10.9 Å². The molecule has 2 aromatic rings. The summed E-state index contributed by atoms with van der Waals surface area (Å²) in [5.41, 5.74) is 2.93. The summed E-state index contributed by atoms with van der Waals surface area (Å²) in [6.07, 6.45) is 1.91. The molecule has 1 saturated heterocycles. The Morgan fingerprint density at radius 3 is 1.97 bits per heavy atom. The van der Waals surface area contributed by atoms with Gasteiger partial charge in [0.15, 0.2) is 8.24 Å². The van der Waals surface area contributed by atoms with Crippen molar-refractivity contribution in [2.24, 2.45) is 0 Å². The summed E-state index contributed by atoms with van der Waals surface area (Å²) >= 11 is 0. The van der Waals surface area contributed by atoms with E-state index in [9.17, 15) is 4.79 Å². The molecule has 33 heavy (non-hydrogen) atoms. The van der Waals surface area contributed by atoms with E-state index < -0.39 is 13.8 Å². The lowest BCUT2D eigenvalue weighted by Gasteiger charge is -2.44. The second-order valence-electron chi connectivity index (χ2n) is 11.3. The van der Waals surface area contributed by atoms with Gasteiger partial charge >= 0.3 is 6.09 Å². The third-order valence-corrected chi connectivity index (χ3v) is 14.0. The molecule has 0 atom stereocenters. The van der Waals surface area contributed by atoms with Crippen LogP contribution in [0.1, 0.15) is 62.3 Å². The van der Waals surface area contributed by atoms with E-state index in [1.54, 1.807) is 11.0 Å². The summed E-state index contributed by atoms with van der Waals surface area (Å²) in [4.78, 5) is 16.3. The van der Waals surface area contributed by atoms with Crippen LogP contribution in [0.3, 0.4) is 0 Å². The smallest absolute Gasteiger partial charge is 0.410 e. The Labute approximate surface area is 200 Å². The molecular weight excluding hydrogens is 433 g/mol. The molecule has 1 aromatic carbocycles. The highest BCUT2D eigenvalue weighted by Gasteiger charge is 2.45. The molecule has 0 radical (unpaired) electrons. The Bertz CT molecular complexity index is 964. The Morgan fingerprint density at radius 1 is 0.939 bits per heavy atom. The Hall–Kier alpha value is -2.02. The number of benzene rings is 1. The quantitative estimate of drug-likeness (QED) is 0.443. The van der Waals surface area contributed by atoms with E-state index in [2.05, 4.69) is 62.9 Å². The Morgan fingerprint density at radius 2 is 1.48 bits per heavy atom. The second kappa shape index (κ2) is 9.32. The molecule has 0 spiro atoms. The summed E-state index contributed by atoms with van der Waals surface area (Å²) in [5, 5.41) is 0.972. The Kier molecular flexibility index (Phi) is 7.23. The van der Waals surface area contributed by atoms with Crippen molar-refractivity contribution < 1.29 is 13.9 Å². The van der Waals surface area contributed by atoms with E-state index in [4.69, 9.17) is 4.74 Å². The zero-order valence-electron chi connectivity index (χ0n) is 21.9. The van der Waals surface area contributed by atoms with Crippen molar-refractivity contribution in [1.82, 2.24) is 9.13 Å². The molecule has 0 bridgehead atoms. The third kappa shape index (κ3) is 4.66. The van der Waals surface area contributed by atoms with Crippen LogP contribution in [0, 0.1) is 5.82 Å². The lowest BCUT2D eigenvalue weighted by atomic mass is 10.1. The predicted molar refractivity (Wildman–Crippen MR) is 138 cm³/mol. The highest BCUT2D eigenvalue weighted by molar-refractivity contribution is 6.82. The first-order valence-corrected chi connectivity index (χ1v) is 14.5. The van der Waals surface area contributed by atoms with E-state index >= 15 is 4.39 Å². The maximum absolute atomic E-state index is 15.2. The summed E-state index contributed by atoms with van der Waals surface area (Å²) in [7, 11) is -1.95. The molecule has 5 nitrogen and oxygen atoms in total. The van der Waals surface area contributed by atoms with Gasteiger partial charge in [0.2, 0.25) is 0 Å². The average molecular weight is 476 g/mol. The number of anilines is 1. The summed E-state index contributed by atoms with van der Waals surface area (Å²) in [5.74, 6) is -0.197. The number of piperazine rings is 1. The van der Waals surface area contributed by atoms with E-state index in [1.807, 2.05) is 26.8 Å². The molecule has 0 aliphatic carbocycles. The molecular formula is C26H42FN3O2Si. The van der Waals surface area contributed by atoms with Gasteiger partial charge in [-0.3, -0.25) is 0 Å². The fourth-order valence-electron chi connectivity index (χ4n) is 6.11. The summed E-state index contributed by atoms with van der Waals surface area (Å²) < 4.78 is 23.3. The third-order valence-electron chi connectivity index (χ3n) is 7.23. The highest BCUT2D eigenvalue weighted by atomic mass is 28.3. The first-order valence-electron chi connectivity index (χ1n) is 12.3. The number of hydrogen-bond donors (Lipinski definition) is 0. The number of aromatic nitrogens is 1. The lowest BCUT2D eigenvalue weighted by Crippen LogP contribution is -2.51. The number of nitrogens with zero attached hydrogens (tertiary/aromatic N) is 3. The molecule has 1 aromatic heterocycles. The molecule has 1 aliphatic heterocycles. The largest absolute Gasteiger partial charge is 0.444 e. The second-order valence-corrected chi connectivity index (χ2v) is 17.0. The molecule has 0 saturated carbocycles. The molecule has 1 amide bonds. The molecule has 2 heterocycles. The minimum atomic E-state index is -1.95. The zero-order valence-corrected chi connectivity index (χ0v) is 22.9. The first kappa shape index (κ1) is 25.6. The van der Waals surface area contributed by atoms with Crippen LogP contribution in [-0.2, 0) is 4.74 Å². The van der Waals surface area contributed by atoms with Crippen molar-refractivity contribution in [2.75, 3.05) is 31.1 Å². The van der Waals surface area contributed by atoms with Crippen molar-refractivity contribution in [2.45, 2.75) is 84.5 Å². The van der Waals surface area contributed by atoms with Gasteiger partial charge in [-0.25, -0.2) is 9.18 Å². The number of carbonyl (C=O) groups is 1. The van der Waals surface area contributed by atoms with Crippen molar-refractivity contribution in [3.8, 4) is 0 Å². The van der Waals surface area contributed by atoms with Crippen molar-refractivity contribution in [3.63, 3.8) is 0 Å². The van der Waals surface area contributed by atoms with Crippen molar-refractivity contribution in [1.29, 1.82) is 0 Å². The summed E-state index contributed by atoms with van der Waals surface area (Å²) in [6, 6.07) is 5.68. The number of hydrogen-bond acceptors (Lipinski definition) is 3. The Balaban J connectivity index is 1.96. The van der Waals surface area contributed by atoms with Crippen LogP contribution in [0.4, 0.5) is 14.9 Å². The van der Waals surface area contributed by atoms with Crippen LogP contribution in [0.2, 0.25) is 16.6 Å². The monoisotopic (exact) mass is 475 g/mol. The van der Waals surface area contributed by atoms with E-state index in [1.165, 1.54) is 0 Å². The number of rotatable bonds is 5. The van der Waals surface area contributed by atoms with Crippen molar-refractivity contribution in [3.05, 3.63) is 30.2 Å². The number of halogens is 1. The van der Waals surface area contributed by atoms with Gasteiger partial charge in [0.05, 0.1) is 5.69 Å². The average Bonchev–Trinajstić information content (AvgIpc) is 3.10. The number of carbonyl (C=O) groups excluding carboxylic acids is 1. The standard InChI is InChI=1S/C26H42FN3O2Si/c1-18(2)33(19(3)4,20(5)6)30-13-12-21-23(30)11-10-22(27)24(21)28-14-16-29(17-15-28)25(31)32-26(7,8)9/h10-13,18-20H,14-17H2,1-9H3. The van der Waals surface area contributed by atoms with Crippen LogP contribution in [0.5, 0.6) is 0 Å². The van der Waals surface area contributed by atoms with Gasteiger partial charge in [-0.05, 0) is 61.8 Å². The maximum Gasteiger partial charge on any atom is 0.410 e. The topological polar surface area (TPSA) is 37.7 Å². The van der Waals surface area contributed by atoms with E-state index in [0.717, 1.165) is 10.9 Å². The zero-order chi connectivity index (χ0) is 24.7. The molecule has 1 fully saturated rings. The maximum atomic E-state index is 15.2. The van der Waals surface area contributed by atoms with Gasteiger partial charge in [-0.1, -0.05) is 41.5 Å². The molecule has 7 heteroatoms. The lowest BCUT2D eigenvalue weighted by molar-refractivity contribution is 0.0240. The van der Waals surface area contributed by atoms with Crippen LogP contribution >= 0.6 is 0 Å².